The van der Waals surface area contributed by atoms with Crippen molar-refractivity contribution in [3.63, 3.8) is 0 Å². The molecule has 0 saturated heterocycles. The molecule has 0 aliphatic heterocycles. The Morgan fingerprint density at radius 3 is 2.68 bits per heavy atom. The Balaban J connectivity index is 1.80. The Hall–Kier alpha value is -2.61. The second-order valence-electron chi connectivity index (χ2n) is 8.25. The molecule has 2 aliphatic rings. The van der Waals surface area contributed by atoms with Gasteiger partial charge in [0.15, 0.2) is 5.65 Å². The first-order valence-corrected chi connectivity index (χ1v) is 12.4. The summed E-state index contributed by atoms with van der Waals surface area (Å²) in [4.78, 5) is 17.3. The molecular formula is C23H29N3O4S. The molecule has 1 fully saturated rings. The predicted molar refractivity (Wildman–Crippen MR) is 122 cm³/mol. The smallest absolute Gasteiger partial charge is 0.341 e. The third-order valence-corrected chi connectivity index (χ3v) is 7.86. The van der Waals surface area contributed by atoms with Crippen LogP contribution in [-0.2, 0) is 14.8 Å². The fraction of sp³-hybridized carbons (Fsp3) is 0.478. The predicted octanol–water partition coefficient (Wildman–Crippen LogP) is 4.76. The van der Waals surface area contributed by atoms with Crippen molar-refractivity contribution in [3.8, 4) is 0 Å². The van der Waals surface area contributed by atoms with E-state index in [1.54, 1.807) is 19.1 Å². The van der Waals surface area contributed by atoms with Crippen molar-refractivity contribution in [1.29, 1.82) is 0 Å². The molecule has 0 radical (unpaired) electrons. The lowest BCUT2D eigenvalue weighted by atomic mass is 9.95. The van der Waals surface area contributed by atoms with Crippen LogP contribution >= 0.6 is 0 Å². The van der Waals surface area contributed by atoms with Crippen LogP contribution in [0.15, 0.2) is 41.1 Å². The first-order chi connectivity index (χ1) is 14.9. The van der Waals surface area contributed by atoms with E-state index >= 15 is 0 Å². The van der Waals surface area contributed by atoms with Crippen molar-refractivity contribution in [3.05, 3.63) is 46.7 Å². The molecule has 166 valence electrons. The van der Waals surface area contributed by atoms with E-state index in [-0.39, 0.29) is 12.6 Å². The molecular weight excluding hydrogens is 414 g/mol. The summed E-state index contributed by atoms with van der Waals surface area (Å²) in [5.41, 5.74) is 2.43. The van der Waals surface area contributed by atoms with Crippen LogP contribution in [0.4, 0.5) is 5.69 Å². The van der Waals surface area contributed by atoms with Gasteiger partial charge in [-0.25, -0.2) is 22.2 Å². The molecule has 4 rings (SSSR count). The van der Waals surface area contributed by atoms with Crippen LogP contribution in [-0.4, -0.2) is 36.0 Å². The Bertz CT molecular complexity index is 1150. The number of fused-ring (bicyclic) bond motifs is 1. The van der Waals surface area contributed by atoms with E-state index in [9.17, 15) is 13.2 Å². The van der Waals surface area contributed by atoms with Crippen molar-refractivity contribution in [2.75, 3.05) is 11.9 Å². The van der Waals surface area contributed by atoms with Crippen LogP contribution in [0.1, 0.15) is 69.2 Å². The summed E-state index contributed by atoms with van der Waals surface area (Å²) in [6.07, 6.45) is 13.2. The molecule has 0 bridgehead atoms. The number of carbonyl (C=O) groups is 1. The topological polar surface area (TPSA) is 90.3 Å². The van der Waals surface area contributed by atoms with Gasteiger partial charge in [0.2, 0.25) is 0 Å². The molecule has 0 unspecified atom stereocenters. The minimum absolute atomic E-state index is 0.238. The quantitative estimate of drug-likeness (QED) is 0.648. The third-order valence-electron chi connectivity index (χ3n) is 6.04. The zero-order valence-corrected chi connectivity index (χ0v) is 18.9. The summed E-state index contributed by atoms with van der Waals surface area (Å²) >= 11 is 0. The van der Waals surface area contributed by atoms with Gasteiger partial charge in [0.25, 0.3) is 10.0 Å². The highest BCUT2D eigenvalue weighted by Crippen LogP contribution is 2.33. The molecule has 1 saturated carbocycles. The van der Waals surface area contributed by atoms with Gasteiger partial charge in [-0.3, -0.25) is 0 Å². The monoisotopic (exact) mass is 443 g/mol. The summed E-state index contributed by atoms with van der Waals surface area (Å²) in [6, 6.07) is 1.96. The van der Waals surface area contributed by atoms with Gasteiger partial charge in [0, 0.05) is 23.8 Å². The van der Waals surface area contributed by atoms with Gasteiger partial charge in [-0.1, -0.05) is 30.9 Å². The highest BCUT2D eigenvalue weighted by atomic mass is 32.2. The first kappa shape index (κ1) is 21.6. The maximum Gasteiger partial charge on any atom is 0.341 e. The second kappa shape index (κ2) is 8.86. The van der Waals surface area contributed by atoms with Crippen molar-refractivity contribution in [1.82, 2.24) is 8.96 Å². The molecule has 2 aromatic rings. The largest absolute Gasteiger partial charge is 0.462 e. The number of aromatic nitrogens is 2. The molecule has 0 aromatic carbocycles. The molecule has 0 atom stereocenters. The number of hydrogen-bond donors (Lipinski definition) is 1. The molecule has 2 aromatic heterocycles. The molecule has 1 N–H and O–H groups in total. The lowest BCUT2D eigenvalue weighted by molar-refractivity contribution is 0.0527. The fourth-order valence-corrected chi connectivity index (χ4v) is 5.74. The van der Waals surface area contributed by atoms with Gasteiger partial charge in [-0.2, -0.15) is 0 Å². The van der Waals surface area contributed by atoms with Gasteiger partial charge >= 0.3 is 5.97 Å². The number of carbonyl (C=O) groups excluding carboxylic acids is 1. The second-order valence-corrected chi connectivity index (χ2v) is 10.1. The number of esters is 1. The van der Waals surface area contributed by atoms with Crippen molar-refractivity contribution < 1.29 is 17.9 Å². The van der Waals surface area contributed by atoms with E-state index in [0.29, 0.717) is 33.6 Å². The van der Waals surface area contributed by atoms with Crippen molar-refractivity contribution >= 4 is 32.7 Å². The normalized spacial score (nSPS) is 17.9. The molecule has 2 aliphatic carbocycles. The Morgan fingerprint density at radius 2 is 2.00 bits per heavy atom. The minimum Gasteiger partial charge on any atom is -0.462 e. The first-order valence-electron chi connectivity index (χ1n) is 11.0. The zero-order valence-electron chi connectivity index (χ0n) is 18.1. The third kappa shape index (κ3) is 4.26. The van der Waals surface area contributed by atoms with Crippen molar-refractivity contribution in [2.45, 2.75) is 64.8 Å². The number of nitrogens with one attached hydrogen (secondary N) is 1. The minimum atomic E-state index is -3.74. The summed E-state index contributed by atoms with van der Waals surface area (Å²) in [5.74, 6) is -0.457. The van der Waals surface area contributed by atoms with Gasteiger partial charge in [-0.15, -0.1) is 0 Å². The van der Waals surface area contributed by atoms with E-state index in [1.165, 1.54) is 22.8 Å². The maximum atomic E-state index is 13.3. The van der Waals surface area contributed by atoms with Crippen molar-refractivity contribution in [2.24, 2.45) is 0 Å². The SMILES string of the molecule is CCOC(=O)c1cnc2c(ccn2S(=O)(=O)C2=CC=C(C)CC2)c1NC1CCCCC1. The molecule has 7 nitrogen and oxygen atoms in total. The maximum absolute atomic E-state index is 13.3. The molecule has 0 spiro atoms. The Labute approximate surface area is 183 Å². The summed E-state index contributed by atoms with van der Waals surface area (Å²) in [5, 5.41) is 4.12. The average molecular weight is 444 g/mol. The number of anilines is 1. The Kier molecular flexibility index (Phi) is 6.18. The highest BCUT2D eigenvalue weighted by Gasteiger charge is 2.27. The lowest BCUT2D eigenvalue weighted by Gasteiger charge is -2.25. The van der Waals surface area contributed by atoms with E-state index in [0.717, 1.165) is 37.7 Å². The molecule has 0 amide bonds. The van der Waals surface area contributed by atoms with Crippen LogP contribution < -0.4 is 5.32 Å². The van der Waals surface area contributed by atoms with Crippen LogP contribution in [0, 0.1) is 0 Å². The summed E-state index contributed by atoms with van der Waals surface area (Å²) in [6.45, 7) is 4.01. The molecule has 31 heavy (non-hydrogen) atoms. The number of allylic oxidation sites excluding steroid dienone is 4. The van der Waals surface area contributed by atoms with Gasteiger partial charge < -0.3 is 10.1 Å². The number of hydrogen-bond acceptors (Lipinski definition) is 6. The zero-order chi connectivity index (χ0) is 22.0. The Morgan fingerprint density at radius 1 is 1.23 bits per heavy atom. The number of rotatable bonds is 6. The number of pyridine rings is 1. The van der Waals surface area contributed by atoms with Crippen LogP contribution in [0.5, 0.6) is 0 Å². The molecule has 2 heterocycles. The van der Waals surface area contributed by atoms with E-state index in [2.05, 4.69) is 10.3 Å². The molecule has 8 heteroatoms. The van der Waals surface area contributed by atoms with E-state index in [1.807, 2.05) is 13.0 Å². The summed E-state index contributed by atoms with van der Waals surface area (Å²) < 4.78 is 33.1. The van der Waals surface area contributed by atoms with Gasteiger partial charge in [-0.05, 0) is 51.7 Å². The van der Waals surface area contributed by atoms with Gasteiger partial charge in [0.1, 0.15) is 5.56 Å². The van der Waals surface area contributed by atoms with Crippen LogP contribution in [0.2, 0.25) is 0 Å². The standard InChI is InChI=1S/C23H29N3O4S/c1-3-30-23(27)20-15-24-22-19(21(20)25-17-7-5-4-6-8-17)13-14-26(22)31(28,29)18-11-9-16(2)10-12-18/h9,11,13-15,17H,3-8,10,12H2,1-2H3,(H,24,25). The highest BCUT2D eigenvalue weighted by molar-refractivity contribution is 7.94. The summed E-state index contributed by atoms with van der Waals surface area (Å²) in [7, 11) is -3.74. The van der Waals surface area contributed by atoms with E-state index in [4.69, 9.17) is 4.74 Å². The van der Waals surface area contributed by atoms with Gasteiger partial charge in [0.05, 0.1) is 17.2 Å². The van der Waals surface area contributed by atoms with Crippen LogP contribution in [0.3, 0.4) is 0 Å². The fourth-order valence-electron chi connectivity index (χ4n) is 4.29. The lowest BCUT2D eigenvalue weighted by Crippen LogP contribution is -2.24. The number of nitrogens with zero attached hydrogens (tertiary/aromatic N) is 2. The van der Waals surface area contributed by atoms with Crippen LogP contribution in [0.25, 0.3) is 11.0 Å². The number of ether oxygens (including phenoxy) is 1. The van der Waals surface area contributed by atoms with E-state index < -0.39 is 16.0 Å². The average Bonchev–Trinajstić information content (AvgIpc) is 3.21.